The largest absolute Gasteiger partial charge is 0.507 e. The predicted octanol–water partition coefficient (Wildman–Crippen LogP) is 5.84. The molecule has 1 atom stereocenters. The predicted molar refractivity (Wildman–Crippen MR) is 120 cm³/mol. The highest BCUT2D eigenvalue weighted by Gasteiger charge is 2.46. The normalized spacial score (nSPS) is 18.3. The molecule has 4 rings (SSSR count). The number of amides is 1. The van der Waals surface area contributed by atoms with Crippen molar-refractivity contribution >= 4 is 55.0 Å². The molecule has 1 heterocycles. The number of aliphatic hydroxyl groups excluding tert-OH is 1. The third kappa shape index (κ3) is 3.66. The van der Waals surface area contributed by atoms with Gasteiger partial charge in [-0.05, 0) is 42.0 Å². The van der Waals surface area contributed by atoms with Crippen molar-refractivity contribution in [2.24, 2.45) is 0 Å². The van der Waals surface area contributed by atoms with Crippen LogP contribution < -0.4 is 4.90 Å². The number of rotatable bonds is 3. The fourth-order valence-electron chi connectivity index (χ4n) is 3.41. The summed E-state index contributed by atoms with van der Waals surface area (Å²) >= 11 is 6.80. The van der Waals surface area contributed by atoms with Crippen LogP contribution in [-0.2, 0) is 9.59 Å². The van der Waals surface area contributed by atoms with Crippen molar-refractivity contribution in [2.45, 2.75) is 6.04 Å². The lowest BCUT2D eigenvalue weighted by atomic mass is 9.95. The van der Waals surface area contributed by atoms with E-state index in [4.69, 9.17) is 0 Å². The first kappa shape index (κ1) is 19.6. The van der Waals surface area contributed by atoms with Crippen LogP contribution in [0.25, 0.3) is 5.76 Å². The quantitative estimate of drug-likeness (QED) is 0.272. The zero-order chi connectivity index (χ0) is 20.5. The van der Waals surface area contributed by atoms with Gasteiger partial charge in [0.05, 0.1) is 11.6 Å². The summed E-state index contributed by atoms with van der Waals surface area (Å²) in [5, 5.41) is 11.0. The Morgan fingerprint density at radius 1 is 0.793 bits per heavy atom. The third-order valence-electron chi connectivity index (χ3n) is 4.78. The Kier molecular flexibility index (Phi) is 5.39. The molecule has 0 bridgehead atoms. The van der Waals surface area contributed by atoms with E-state index in [2.05, 4.69) is 31.9 Å². The first-order valence-corrected chi connectivity index (χ1v) is 10.4. The van der Waals surface area contributed by atoms with Gasteiger partial charge in [-0.2, -0.15) is 0 Å². The molecule has 6 heteroatoms. The smallest absolute Gasteiger partial charge is 0.300 e. The minimum atomic E-state index is -0.732. The molecule has 1 amide bonds. The van der Waals surface area contributed by atoms with Crippen LogP contribution in [0.1, 0.15) is 17.2 Å². The van der Waals surface area contributed by atoms with Gasteiger partial charge in [0.25, 0.3) is 11.7 Å². The van der Waals surface area contributed by atoms with E-state index in [1.54, 1.807) is 36.4 Å². The van der Waals surface area contributed by atoms with E-state index in [0.717, 1.165) is 14.5 Å². The van der Waals surface area contributed by atoms with Gasteiger partial charge in [0.1, 0.15) is 5.76 Å². The Bertz CT molecular complexity index is 1110. The van der Waals surface area contributed by atoms with Gasteiger partial charge in [0.15, 0.2) is 0 Å². The third-order valence-corrected chi connectivity index (χ3v) is 5.84. The summed E-state index contributed by atoms with van der Waals surface area (Å²) in [6, 6.07) is 22.6. The molecule has 3 aromatic rings. The summed E-state index contributed by atoms with van der Waals surface area (Å²) < 4.78 is 1.74. The highest BCUT2D eigenvalue weighted by Crippen LogP contribution is 2.42. The highest BCUT2D eigenvalue weighted by atomic mass is 79.9. The van der Waals surface area contributed by atoms with E-state index in [1.165, 1.54) is 4.90 Å². The molecule has 1 aliphatic rings. The Morgan fingerprint density at radius 3 is 1.93 bits per heavy atom. The van der Waals surface area contributed by atoms with Crippen LogP contribution in [-0.4, -0.2) is 16.8 Å². The molecule has 1 saturated heterocycles. The monoisotopic (exact) mass is 511 g/mol. The average molecular weight is 513 g/mol. The molecule has 1 N–H and O–H groups in total. The van der Waals surface area contributed by atoms with Crippen molar-refractivity contribution in [2.75, 3.05) is 4.90 Å². The minimum Gasteiger partial charge on any atom is -0.507 e. The maximum Gasteiger partial charge on any atom is 0.300 e. The number of Topliss-reactive ketones (excluding diaryl/α,β-unsaturated/α-hetero) is 1. The molecule has 144 valence electrons. The van der Waals surface area contributed by atoms with Crippen LogP contribution >= 0.6 is 31.9 Å². The molecule has 4 nitrogen and oxygen atoms in total. The van der Waals surface area contributed by atoms with Gasteiger partial charge >= 0.3 is 0 Å². The zero-order valence-corrected chi connectivity index (χ0v) is 18.2. The number of aliphatic hydroxyl groups is 1. The molecule has 0 aromatic heterocycles. The van der Waals surface area contributed by atoms with Crippen LogP contribution in [0.15, 0.2) is 93.4 Å². The van der Waals surface area contributed by atoms with Crippen LogP contribution in [0, 0.1) is 0 Å². The number of benzene rings is 3. The Labute approximate surface area is 184 Å². The lowest BCUT2D eigenvalue weighted by Gasteiger charge is -2.25. The molecule has 1 aliphatic heterocycles. The minimum absolute atomic E-state index is 0.0754. The second-order valence-electron chi connectivity index (χ2n) is 6.56. The number of hydrogen-bond acceptors (Lipinski definition) is 3. The number of halogens is 2. The van der Waals surface area contributed by atoms with Gasteiger partial charge in [-0.25, -0.2) is 0 Å². The van der Waals surface area contributed by atoms with E-state index in [1.807, 2.05) is 42.5 Å². The molecule has 0 saturated carbocycles. The summed E-state index contributed by atoms with van der Waals surface area (Å²) in [4.78, 5) is 27.4. The SMILES string of the molecule is O=C1C(=O)N(c2ccc(Br)cc2)C(c2ccc(Br)cc2)C1=C(O)c1ccccc1. The van der Waals surface area contributed by atoms with Gasteiger partial charge < -0.3 is 5.11 Å². The van der Waals surface area contributed by atoms with Gasteiger partial charge in [-0.15, -0.1) is 0 Å². The van der Waals surface area contributed by atoms with Crippen LogP contribution in [0.4, 0.5) is 5.69 Å². The van der Waals surface area contributed by atoms with Crippen molar-refractivity contribution in [3.8, 4) is 0 Å². The Hall–Kier alpha value is -2.70. The standard InChI is InChI=1S/C23H15Br2NO3/c24-16-8-6-14(7-9-16)20-19(21(27)15-4-2-1-3-5-15)22(28)23(29)26(20)18-12-10-17(25)11-13-18/h1-13,20,27H. The highest BCUT2D eigenvalue weighted by molar-refractivity contribution is 9.10. The van der Waals surface area contributed by atoms with Crippen LogP contribution in [0.5, 0.6) is 0 Å². The average Bonchev–Trinajstić information content (AvgIpc) is 3.00. The Balaban J connectivity index is 1.94. The molecule has 1 unspecified atom stereocenters. The molecule has 0 aliphatic carbocycles. The maximum atomic E-state index is 13.0. The van der Waals surface area contributed by atoms with Crippen LogP contribution in [0.2, 0.25) is 0 Å². The van der Waals surface area contributed by atoms with E-state index in [9.17, 15) is 14.7 Å². The van der Waals surface area contributed by atoms with E-state index >= 15 is 0 Å². The molecule has 0 radical (unpaired) electrons. The van der Waals surface area contributed by atoms with Crippen molar-refractivity contribution in [1.29, 1.82) is 0 Å². The number of carbonyl (C=O) groups excluding carboxylic acids is 2. The van der Waals surface area contributed by atoms with Gasteiger partial charge in [0, 0.05) is 20.2 Å². The topological polar surface area (TPSA) is 57.6 Å². The lowest BCUT2D eigenvalue weighted by molar-refractivity contribution is -0.132. The maximum absolute atomic E-state index is 13.0. The summed E-state index contributed by atoms with van der Waals surface area (Å²) in [7, 11) is 0. The van der Waals surface area contributed by atoms with Crippen LogP contribution in [0.3, 0.4) is 0 Å². The van der Waals surface area contributed by atoms with Crippen molar-refractivity contribution < 1.29 is 14.7 Å². The number of carbonyl (C=O) groups is 2. The second kappa shape index (κ2) is 7.97. The summed E-state index contributed by atoms with van der Waals surface area (Å²) in [6.45, 7) is 0. The number of hydrogen-bond donors (Lipinski definition) is 1. The number of nitrogens with zero attached hydrogens (tertiary/aromatic N) is 1. The van der Waals surface area contributed by atoms with E-state index in [-0.39, 0.29) is 11.3 Å². The molecule has 29 heavy (non-hydrogen) atoms. The molecule has 1 fully saturated rings. The fourth-order valence-corrected chi connectivity index (χ4v) is 3.94. The Morgan fingerprint density at radius 2 is 1.34 bits per heavy atom. The van der Waals surface area contributed by atoms with Crippen molar-refractivity contribution in [1.82, 2.24) is 0 Å². The van der Waals surface area contributed by atoms with Crippen molar-refractivity contribution in [3.63, 3.8) is 0 Å². The second-order valence-corrected chi connectivity index (χ2v) is 8.39. The zero-order valence-electron chi connectivity index (χ0n) is 15.0. The first-order chi connectivity index (χ1) is 14.0. The molecular weight excluding hydrogens is 498 g/mol. The lowest BCUT2D eigenvalue weighted by Crippen LogP contribution is -2.29. The molecular formula is C23H15Br2NO3. The number of anilines is 1. The molecule has 0 spiro atoms. The summed E-state index contributed by atoms with van der Waals surface area (Å²) in [6.07, 6.45) is 0. The van der Waals surface area contributed by atoms with E-state index < -0.39 is 17.7 Å². The van der Waals surface area contributed by atoms with Gasteiger partial charge in [-0.1, -0.05) is 74.3 Å². The van der Waals surface area contributed by atoms with E-state index in [0.29, 0.717) is 11.3 Å². The van der Waals surface area contributed by atoms with Gasteiger partial charge in [-0.3, -0.25) is 14.5 Å². The van der Waals surface area contributed by atoms with Gasteiger partial charge in [0.2, 0.25) is 0 Å². The van der Waals surface area contributed by atoms with Crippen molar-refractivity contribution in [3.05, 3.63) is 105 Å². The summed E-state index contributed by atoms with van der Waals surface area (Å²) in [5.41, 5.74) is 1.87. The summed E-state index contributed by atoms with van der Waals surface area (Å²) in [5.74, 6) is -1.56. The first-order valence-electron chi connectivity index (χ1n) is 8.85. The molecule has 3 aromatic carbocycles. The number of ketones is 1. The fraction of sp³-hybridized carbons (Fsp3) is 0.0435.